The van der Waals surface area contributed by atoms with Gasteiger partial charge in [0.1, 0.15) is 4.21 Å². The molecule has 0 spiro atoms. The molecule has 1 aliphatic rings. The number of thiophene rings is 1. The Balaban J connectivity index is 1.48. The zero-order valence-corrected chi connectivity index (χ0v) is 17.1. The number of carbonyl (C=O) groups excluding carboxylic acids is 2. The van der Waals surface area contributed by atoms with Gasteiger partial charge >= 0.3 is 0 Å². The highest BCUT2D eigenvalue weighted by Crippen LogP contribution is 2.28. The van der Waals surface area contributed by atoms with Gasteiger partial charge in [-0.3, -0.25) is 9.59 Å². The van der Waals surface area contributed by atoms with Crippen molar-refractivity contribution in [2.24, 2.45) is 5.92 Å². The molecule has 152 valence electrons. The Bertz CT molecular complexity index is 921. The average Bonchev–Trinajstić information content (AvgIpc) is 3.37. The first-order valence-electron chi connectivity index (χ1n) is 9.04. The van der Waals surface area contributed by atoms with Crippen LogP contribution in [0.4, 0.5) is 0 Å². The van der Waals surface area contributed by atoms with Crippen molar-refractivity contribution in [3.8, 4) is 0 Å². The van der Waals surface area contributed by atoms with Gasteiger partial charge in [0.2, 0.25) is 5.91 Å². The van der Waals surface area contributed by atoms with Crippen LogP contribution in [0.15, 0.2) is 39.2 Å². The smallest absolute Gasteiger partial charge is 0.287 e. The first-order valence-corrected chi connectivity index (χ1v) is 11.3. The molecule has 0 unspecified atom stereocenters. The van der Waals surface area contributed by atoms with Gasteiger partial charge in [-0.15, -0.1) is 11.3 Å². The molecule has 1 atom stereocenters. The molecule has 1 saturated heterocycles. The third-order valence-electron chi connectivity index (χ3n) is 4.52. The van der Waals surface area contributed by atoms with Gasteiger partial charge in [0.15, 0.2) is 5.76 Å². The van der Waals surface area contributed by atoms with E-state index in [4.69, 9.17) is 4.42 Å². The highest BCUT2D eigenvalue weighted by atomic mass is 32.2. The summed E-state index contributed by atoms with van der Waals surface area (Å²) in [7, 11) is -3.56. The number of rotatable bonds is 7. The van der Waals surface area contributed by atoms with Crippen molar-refractivity contribution >= 4 is 33.2 Å². The van der Waals surface area contributed by atoms with Gasteiger partial charge in [-0.05, 0) is 44.0 Å². The van der Waals surface area contributed by atoms with Crippen molar-refractivity contribution in [1.82, 2.24) is 14.9 Å². The van der Waals surface area contributed by atoms with Gasteiger partial charge in [0.05, 0.1) is 12.2 Å². The summed E-state index contributed by atoms with van der Waals surface area (Å²) in [5, 5.41) is 5.41. The van der Waals surface area contributed by atoms with Crippen molar-refractivity contribution in [3.63, 3.8) is 0 Å². The zero-order valence-electron chi connectivity index (χ0n) is 15.5. The van der Waals surface area contributed by atoms with Crippen LogP contribution in [0.1, 0.15) is 28.3 Å². The fraction of sp³-hybridized carbons (Fsp3) is 0.444. The molecule has 0 radical (unpaired) electrons. The van der Waals surface area contributed by atoms with Gasteiger partial charge < -0.3 is 15.1 Å². The van der Waals surface area contributed by atoms with E-state index in [0.29, 0.717) is 23.6 Å². The molecule has 28 heavy (non-hydrogen) atoms. The normalized spacial score (nSPS) is 18.0. The van der Waals surface area contributed by atoms with Crippen LogP contribution in [0.5, 0.6) is 0 Å². The van der Waals surface area contributed by atoms with Gasteiger partial charge in [0, 0.05) is 31.1 Å². The van der Waals surface area contributed by atoms with E-state index in [1.54, 1.807) is 24.3 Å². The summed E-state index contributed by atoms with van der Waals surface area (Å²) < 4.78 is 32.2. The monoisotopic (exact) mass is 425 g/mol. The molecule has 8 nitrogen and oxygen atoms in total. The van der Waals surface area contributed by atoms with Gasteiger partial charge in [-0.25, -0.2) is 8.42 Å². The minimum atomic E-state index is -3.56. The number of piperidine rings is 1. The number of hydrogen-bond acceptors (Lipinski definition) is 6. The fourth-order valence-electron chi connectivity index (χ4n) is 3.05. The summed E-state index contributed by atoms with van der Waals surface area (Å²) in [6.45, 7) is 2.97. The molecule has 0 saturated carbocycles. The average molecular weight is 426 g/mol. The maximum Gasteiger partial charge on any atom is 0.287 e. The maximum atomic E-state index is 12.8. The number of amides is 2. The first kappa shape index (κ1) is 20.6. The Morgan fingerprint density at radius 2 is 2.04 bits per heavy atom. The highest BCUT2D eigenvalue weighted by Gasteiger charge is 2.33. The second-order valence-electron chi connectivity index (χ2n) is 6.59. The highest BCUT2D eigenvalue weighted by molar-refractivity contribution is 7.91. The predicted octanol–water partition coefficient (Wildman–Crippen LogP) is 1.60. The molecule has 2 N–H and O–H groups in total. The van der Waals surface area contributed by atoms with Gasteiger partial charge in [0.25, 0.3) is 15.9 Å². The molecule has 3 rings (SSSR count). The van der Waals surface area contributed by atoms with Crippen molar-refractivity contribution in [3.05, 3.63) is 41.2 Å². The number of hydrogen-bond donors (Lipinski definition) is 2. The summed E-state index contributed by atoms with van der Waals surface area (Å²) >= 11 is 1.24. The minimum absolute atomic E-state index is 0.171. The number of nitrogens with zero attached hydrogens (tertiary/aromatic N) is 1. The molecular formula is C18H23N3O5S2. The molecule has 2 aromatic heterocycles. The standard InChI is InChI=1S/C18H23N3O5S2/c1-13-6-7-16(27-13)28(24,25)21-10-2-4-14(12-21)17(22)19-8-9-20-18(23)15-5-3-11-26-15/h3,5-7,11,14H,2,4,8-10,12H2,1H3,(H,19,22)(H,20,23)/t14-/m0/s1. The summed E-state index contributed by atoms with van der Waals surface area (Å²) in [4.78, 5) is 25.1. The summed E-state index contributed by atoms with van der Waals surface area (Å²) in [6.07, 6.45) is 2.69. The van der Waals surface area contributed by atoms with E-state index in [0.717, 1.165) is 4.88 Å². The number of aryl methyl sites for hydroxylation is 1. The van der Waals surface area contributed by atoms with Crippen LogP contribution >= 0.6 is 11.3 Å². The predicted molar refractivity (Wildman–Crippen MR) is 105 cm³/mol. The van der Waals surface area contributed by atoms with Crippen LogP contribution in [0.3, 0.4) is 0 Å². The van der Waals surface area contributed by atoms with Crippen LogP contribution in [0.2, 0.25) is 0 Å². The van der Waals surface area contributed by atoms with E-state index in [-0.39, 0.29) is 37.2 Å². The van der Waals surface area contributed by atoms with Crippen molar-refractivity contribution < 1.29 is 22.4 Å². The molecule has 0 bridgehead atoms. The SMILES string of the molecule is Cc1ccc(S(=O)(=O)N2CCC[C@H](C(=O)NCCNC(=O)c3ccco3)C2)s1. The molecule has 0 aliphatic carbocycles. The lowest BCUT2D eigenvalue weighted by molar-refractivity contribution is -0.126. The lowest BCUT2D eigenvalue weighted by Gasteiger charge is -2.30. The zero-order chi connectivity index (χ0) is 20.1. The molecule has 0 aromatic carbocycles. The molecule has 2 amide bonds. The molecule has 1 aliphatic heterocycles. The Morgan fingerprint density at radius 1 is 1.25 bits per heavy atom. The summed E-state index contributed by atoms with van der Waals surface area (Å²) in [6, 6.07) is 6.57. The van der Waals surface area contributed by atoms with Crippen LogP contribution < -0.4 is 10.6 Å². The van der Waals surface area contributed by atoms with Crippen LogP contribution in [0, 0.1) is 12.8 Å². The third-order valence-corrected chi connectivity index (χ3v) is 7.85. The summed E-state index contributed by atoms with van der Waals surface area (Å²) in [5.41, 5.74) is 0. The van der Waals surface area contributed by atoms with E-state index in [2.05, 4.69) is 10.6 Å². The van der Waals surface area contributed by atoms with E-state index >= 15 is 0 Å². The van der Waals surface area contributed by atoms with Crippen LogP contribution in [-0.2, 0) is 14.8 Å². The maximum absolute atomic E-state index is 12.8. The fourth-order valence-corrected chi connectivity index (χ4v) is 6.02. The van der Waals surface area contributed by atoms with Crippen molar-refractivity contribution in [1.29, 1.82) is 0 Å². The number of nitrogens with one attached hydrogen (secondary N) is 2. The topological polar surface area (TPSA) is 109 Å². The third kappa shape index (κ3) is 4.81. The lowest BCUT2D eigenvalue weighted by Crippen LogP contribution is -2.46. The van der Waals surface area contributed by atoms with E-state index in [1.165, 1.54) is 21.9 Å². The Morgan fingerprint density at radius 3 is 2.71 bits per heavy atom. The van der Waals surface area contributed by atoms with E-state index in [9.17, 15) is 18.0 Å². The van der Waals surface area contributed by atoms with E-state index < -0.39 is 15.9 Å². The number of carbonyl (C=O) groups is 2. The first-order chi connectivity index (χ1) is 13.4. The van der Waals surface area contributed by atoms with Crippen molar-refractivity contribution in [2.75, 3.05) is 26.2 Å². The molecule has 1 fully saturated rings. The lowest BCUT2D eigenvalue weighted by atomic mass is 9.99. The van der Waals surface area contributed by atoms with Gasteiger partial charge in [-0.2, -0.15) is 4.31 Å². The second kappa shape index (κ2) is 8.89. The largest absolute Gasteiger partial charge is 0.459 e. The van der Waals surface area contributed by atoms with Gasteiger partial charge in [-0.1, -0.05) is 0 Å². The molecule has 10 heteroatoms. The Labute approximate surface area is 168 Å². The molecular weight excluding hydrogens is 402 g/mol. The minimum Gasteiger partial charge on any atom is -0.459 e. The summed E-state index contributed by atoms with van der Waals surface area (Å²) in [5.74, 6) is -0.733. The Kier molecular flexibility index (Phi) is 6.53. The van der Waals surface area contributed by atoms with Crippen LogP contribution in [-0.4, -0.2) is 50.7 Å². The number of furan rings is 1. The van der Waals surface area contributed by atoms with E-state index in [1.807, 2.05) is 6.92 Å². The Hall–Kier alpha value is -2.17. The molecule has 2 aromatic rings. The number of sulfonamides is 1. The second-order valence-corrected chi connectivity index (χ2v) is 10.0. The van der Waals surface area contributed by atoms with Crippen molar-refractivity contribution in [2.45, 2.75) is 24.0 Å². The van der Waals surface area contributed by atoms with Crippen LogP contribution in [0.25, 0.3) is 0 Å². The molecule has 3 heterocycles. The quantitative estimate of drug-likeness (QED) is 0.655.